The van der Waals surface area contributed by atoms with Crippen LogP contribution >= 0.6 is 11.6 Å². The third-order valence-electron chi connectivity index (χ3n) is 2.97. The zero-order chi connectivity index (χ0) is 18.5. The summed E-state index contributed by atoms with van der Waals surface area (Å²) in [5.41, 5.74) is -0.191. The van der Waals surface area contributed by atoms with Gasteiger partial charge < -0.3 is 15.7 Å². The summed E-state index contributed by atoms with van der Waals surface area (Å²) in [7, 11) is 0. The van der Waals surface area contributed by atoms with Gasteiger partial charge in [-0.25, -0.2) is 9.18 Å². The van der Waals surface area contributed by atoms with E-state index >= 15 is 0 Å². The van der Waals surface area contributed by atoms with E-state index in [0.717, 1.165) is 6.07 Å². The number of carbonyl (C=O) groups excluding carboxylic acids is 2. The van der Waals surface area contributed by atoms with Crippen LogP contribution in [0.5, 0.6) is 0 Å². The van der Waals surface area contributed by atoms with Crippen molar-refractivity contribution < 1.29 is 23.9 Å². The number of carboxylic acid groups (broad SMARTS) is 1. The Morgan fingerprint density at radius 3 is 2.38 bits per heavy atom. The van der Waals surface area contributed by atoms with Crippen LogP contribution in [0.15, 0.2) is 18.2 Å². The van der Waals surface area contributed by atoms with Gasteiger partial charge in [-0.15, -0.1) is 0 Å². The average molecular weight is 359 g/mol. The molecule has 24 heavy (non-hydrogen) atoms. The van der Waals surface area contributed by atoms with Crippen molar-refractivity contribution in [1.29, 1.82) is 0 Å². The molecule has 0 aliphatic heterocycles. The lowest BCUT2D eigenvalue weighted by atomic mass is 9.92. The standard InChI is InChI=1S/C16H20ClFN2O4/c1-16(2,3)7-12(21)19-8-13(22)20-14(15(23)24)9-4-5-10(17)11(18)6-9/h4-6,14H,7-8H2,1-3H3,(H,19,21)(H,20,22)(H,23,24). The van der Waals surface area contributed by atoms with Crippen LogP contribution in [-0.4, -0.2) is 29.4 Å². The maximum Gasteiger partial charge on any atom is 0.330 e. The Balaban J connectivity index is 2.69. The zero-order valence-electron chi connectivity index (χ0n) is 13.7. The van der Waals surface area contributed by atoms with Crippen LogP contribution in [-0.2, 0) is 14.4 Å². The monoisotopic (exact) mass is 358 g/mol. The fourth-order valence-electron chi connectivity index (χ4n) is 1.91. The van der Waals surface area contributed by atoms with Crippen LogP contribution in [0.3, 0.4) is 0 Å². The Labute approximate surface area is 144 Å². The predicted molar refractivity (Wildman–Crippen MR) is 87.0 cm³/mol. The summed E-state index contributed by atoms with van der Waals surface area (Å²) in [6, 6.07) is 2.02. The molecule has 132 valence electrons. The number of nitrogens with one attached hydrogen (secondary N) is 2. The molecule has 1 rings (SSSR count). The zero-order valence-corrected chi connectivity index (χ0v) is 14.4. The highest BCUT2D eigenvalue weighted by Gasteiger charge is 2.23. The minimum Gasteiger partial charge on any atom is -0.479 e. The van der Waals surface area contributed by atoms with Gasteiger partial charge in [0.25, 0.3) is 0 Å². The highest BCUT2D eigenvalue weighted by Crippen LogP contribution is 2.21. The molecule has 0 aliphatic rings. The lowest BCUT2D eigenvalue weighted by Crippen LogP contribution is -2.41. The van der Waals surface area contributed by atoms with E-state index in [2.05, 4.69) is 10.6 Å². The predicted octanol–water partition coefficient (Wildman–Crippen LogP) is 2.27. The summed E-state index contributed by atoms with van der Waals surface area (Å²) >= 11 is 5.55. The fraction of sp³-hybridized carbons (Fsp3) is 0.438. The Morgan fingerprint density at radius 2 is 1.88 bits per heavy atom. The van der Waals surface area contributed by atoms with Gasteiger partial charge in [-0.2, -0.15) is 0 Å². The van der Waals surface area contributed by atoms with Crippen molar-refractivity contribution >= 4 is 29.4 Å². The molecule has 0 bridgehead atoms. The molecular weight excluding hydrogens is 339 g/mol. The summed E-state index contributed by atoms with van der Waals surface area (Å²) in [6.07, 6.45) is 0.227. The molecule has 8 heteroatoms. The van der Waals surface area contributed by atoms with Gasteiger partial charge in [0.2, 0.25) is 11.8 Å². The first kappa shape index (κ1) is 19.9. The van der Waals surface area contributed by atoms with Crippen molar-refractivity contribution in [2.24, 2.45) is 5.41 Å². The summed E-state index contributed by atoms with van der Waals surface area (Å²) in [6.45, 7) is 5.27. The average Bonchev–Trinajstić information content (AvgIpc) is 2.43. The SMILES string of the molecule is CC(C)(C)CC(=O)NCC(=O)NC(C(=O)O)c1ccc(Cl)c(F)c1. The smallest absolute Gasteiger partial charge is 0.330 e. The molecule has 0 saturated carbocycles. The Kier molecular flexibility index (Phi) is 6.71. The van der Waals surface area contributed by atoms with Crippen molar-refractivity contribution in [3.8, 4) is 0 Å². The van der Waals surface area contributed by atoms with Crippen molar-refractivity contribution in [2.45, 2.75) is 33.2 Å². The van der Waals surface area contributed by atoms with Crippen molar-refractivity contribution in [2.75, 3.05) is 6.54 Å². The Hall–Kier alpha value is -2.15. The number of rotatable bonds is 6. The number of carbonyl (C=O) groups is 3. The van der Waals surface area contributed by atoms with Crippen LogP contribution in [0.2, 0.25) is 5.02 Å². The number of hydrogen-bond acceptors (Lipinski definition) is 3. The second kappa shape index (κ2) is 8.10. The van der Waals surface area contributed by atoms with Gasteiger partial charge in [-0.3, -0.25) is 9.59 Å². The highest BCUT2D eigenvalue weighted by molar-refractivity contribution is 6.30. The number of aliphatic carboxylic acids is 1. The van der Waals surface area contributed by atoms with Crippen molar-refractivity contribution in [1.82, 2.24) is 10.6 Å². The largest absolute Gasteiger partial charge is 0.479 e. The number of amides is 2. The van der Waals surface area contributed by atoms with E-state index in [4.69, 9.17) is 11.6 Å². The van der Waals surface area contributed by atoms with Crippen LogP contribution in [0.25, 0.3) is 0 Å². The van der Waals surface area contributed by atoms with Crippen LogP contribution < -0.4 is 10.6 Å². The first-order valence-electron chi connectivity index (χ1n) is 7.23. The van der Waals surface area contributed by atoms with Crippen LogP contribution in [0, 0.1) is 11.2 Å². The quantitative estimate of drug-likeness (QED) is 0.727. The molecule has 3 N–H and O–H groups in total. The van der Waals surface area contributed by atoms with E-state index in [1.165, 1.54) is 12.1 Å². The molecule has 0 spiro atoms. The molecule has 1 aromatic carbocycles. The minimum atomic E-state index is -1.44. The maximum atomic E-state index is 13.5. The molecule has 1 aromatic rings. The van der Waals surface area contributed by atoms with E-state index in [0.29, 0.717) is 0 Å². The van der Waals surface area contributed by atoms with E-state index < -0.39 is 23.7 Å². The van der Waals surface area contributed by atoms with Crippen molar-refractivity contribution in [3.05, 3.63) is 34.6 Å². The van der Waals surface area contributed by atoms with Crippen LogP contribution in [0.1, 0.15) is 38.8 Å². The lowest BCUT2D eigenvalue weighted by Gasteiger charge is -2.18. The number of benzene rings is 1. The molecule has 1 unspecified atom stereocenters. The molecule has 0 aliphatic carbocycles. The number of hydrogen-bond donors (Lipinski definition) is 3. The molecular formula is C16H20ClFN2O4. The third-order valence-corrected chi connectivity index (χ3v) is 3.27. The molecule has 0 heterocycles. The van der Waals surface area contributed by atoms with Gasteiger partial charge in [0, 0.05) is 6.42 Å². The molecule has 2 amide bonds. The molecule has 0 saturated heterocycles. The van der Waals surface area contributed by atoms with E-state index in [-0.39, 0.29) is 34.9 Å². The topological polar surface area (TPSA) is 95.5 Å². The molecule has 0 fully saturated rings. The minimum absolute atomic E-state index is 0.0405. The molecule has 0 aromatic heterocycles. The van der Waals surface area contributed by atoms with Gasteiger partial charge in [0.1, 0.15) is 5.82 Å². The Morgan fingerprint density at radius 1 is 1.25 bits per heavy atom. The van der Waals surface area contributed by atoms with Gasteiger partial charge in [0.05, 0.1) is 11.6 Å². The van der Waals surface area contributed by atoms with E-state index in [1.54, 1.807) is 0 Å². The first-order chi connectivity index (χ1) is 11.0. The van der Waals surface area contributed by atoms with Gasteiger partial charge >= 0.3 is 5.97 Å². The van der Waals surface area contributed by atoms with Gasteiger partial charge in [0.15, 0.2) is 6.04 Å². The second-order valence-corrected chi connectivity index (χ2v) is 6.93. The number of carboxylic acids is 1. The second-order valence-electron chi connectivity index (χ2n) is 6.53. The summed E-state index contributed by atoms with van der Waals surface area (Å²) in [5, 5.41) is 13.7. The third kappa shape index (κ3) is 6.54. The molecule has 0 radical (unpaired) electrons. The van der Waals surface area contributed by atoms with Crippen LogP contribution in [0.4, 0.5) is 4.39 Å². The highest BCUT2D eigenvalue weighted by atomic mass is 35.5. The molecule has 6 nitrogen and oxygen atoms in total. The Bertz CT molecular complexity index is 643. The van der Waals surface area contributed by atoms with Gasteiger partial charge in [-0.05, 0) is 23.1 Å². The first-order valence-corrected chi connectivity index (χ1v) is 7.61. The fourth-order valence-corrected chi connectivity index (χ4v) is 2.03. The molecule has 1 atom stereocenters. The lowest BCUT2D eigenvalue weighted by molar-refractivity contribution is -0.142. The normalized spacial score (nSPS) is 12.4. The van der Waals surface area contributed by atoms with E-state index in [1.807, 2.05) is 20.8 Å². The summed E-state index contributed by atoms with van der Waals surface area (Å²) in [5.74, 6) is -3.15. The summed E-state index contributed by atoms with van der Waals surface area (Å²) in [4.78, 5) is 34.8. The summed E-state index contributed by atoms with van der Waals surface area (Å²) < 4.78 is 13.5. The van der Waals surface area contributed by atoms with Crippen molar-refractivity contribution in [3.63, 3.8) is 0 Å². The van der Waals surface area contributed by atoms with E-state index in [9.17, 15) is 23.9 Å². The van der Waals surface area contributed by atoms with Gasteiger partial charge in [-0.1, -0.05) is 38.4 Å². The number of halogens is 2. The maximum absolute atomic E-state index is 13.5.